The van der Waals surface area contributed by atoms with Crippen LogP contribution in [0.25, 0.3) is 11.0 Å². The Morgan fingerprint density at radius 3 is 2.61 bits per heavy atom. The molecule has 1 aliphatic heterocycles. The number of imidazole rings is 1. The molecule has 3 aromatic rings. The third kappa shape index (κ3) is 4.81. The van der Waals surface area contributed by atoms with Gasteiger partial charge in [0.1, 0.15) is 0 Å². The summed E-state index contributed by atoms with van der Waals surface area (Å²) < 4.78 is 97.2. The molecule has 4 rings (SSSR count). The van der Waals surface area contributed by atoms with Crippen LogP contribution in [-0.4, -0.2) is 46.3 Å². The maximum absolute atomic E-state index is 13.8. The number of nitrogens with one attached hydrogen (secondary N) is 1. The molecule has 1 N–H and O–H groups in total. The molecule has 0 spiro atoms. The number of H-pyrrole nitrogens is 1. The summed E-state index contributed by atoms with van der Waals surface area (Å²) in [5.74, 6) is -0.826. The highest BCUT2D eigenvalue weighted by Gasteiger charge is 2.63. The van der Waals surface area contributed by atoms with E-state index in [1.807, 2.05) is 0 Å². The van der Waals surface area contributed by atoms with Crippen LogP contribution in [0.5, 0.6) is 23.0 Å². The highest BCUT2D eigenvalue weighted by atomic mass is 35.5. The number of methoxy groups -OCH3 is 1. The fourth-order valence-electron chi connectivity index (χ4n) is 2.82. The van der Waals surface area contributed by atoms with Gasteiger partial charge in [0.25, 0.3) is 0 Å². The Bertz CT molecular complexity index is 1140. The van der Waals surface area contributed by atoms with Crippen LogP contribution in [0.1, 0.15) is 5.69 Å². The lowest BCUT2D eigenvalue weighted by Crippen LogP contribution is -2.51. The molecule has 0 amide bonds. The Morgan fingerprint density at radius 1 is 1.18 bits per heavy atom. The normalized spacial score (nSPS) is 19.5. The van der Waals surface area contributed by atoms with Crippen LogP contribution < -0.4 is 18.9 Å². The molecule has 0 radical (unpaired) electrons. The number of ether oxygens (including phenoxy) is 4. The van der Waals surface area contributed by atoms with Crippen molar-refractivity contribution in [2.45, 2.75) is 28.5 Å². The fraction of sp³-hybridized carbons (Fsp3) is 0.333. The van der Waals surface area contributed by atoms with Gasteiger partial charge < -0.3 is 23.9 Å². The van der Waals surface area contributed by atoms with E-state index in [0.717, 1.165) is 17.8 Å². The summed E-state index contributed by atoms with van der Waals surface area (Å²) >= 11 is 6.15. The Balaban J connectivity index is 1.54. The van der Waals surface area contributed by atoms with Crippen LogP contribution in [0.3, 0.4) is 0 Å². The summed E-state index contributed by atoms with van der Waals surface area (Å²) in [6, 6.07) is 3.55. The molecule has 0 fully saturated rings. The molecule has 33 heavy (non-hydrogen) atoms. The minimum Gasteiger partial charge on any atom is -0.491 e. The quantitative estimate of drug-likeness (QED) is 0.266. The highest BCUT2D eigenvalue weighted by molar-refractivity contribution is 7.98. The lowest BCUT2D eigenvalue weighted by Gasteiger charge is -2.33. The number of alkyl halides is 7. The number of nitrogens with zero attached hydrogens (tertiary/aromatic N) is 2. The van der Waals surface area contributed by atoms with Crippen LogP contribution in [0.4, 0.5) is 26.3 Å². The van der Waals surface area contributed by atoms with Crippen molar-refractivity contribution < 1.29 is 45.3 Å². The van der Waals surface area contributed by atoms with Crippen molar-refractivity contribution in [2.24, 2.45) is 0 Å². The third-order valence-electron chi connectivity index (χ3n) is 4.22. The van der Waals surface area contributed by atoms with Gasteiger partial charge in [-0.15, -0.1) is 0 Å². The number of hydrogen-bond donors (Lipinski definition) is 1. The first kappa shape index (κ1) is 23.4. The van der Waals surface area contributed by atoms with E-state index < -0.39 is 30.0 Å². The van der Waals surface area contributed by atoms with Gasteiger partial charge in [-0.05, 0) is 11.6 Å². The molecule has 0 aliphatic carbocycles. The van der Waals surface area contributed by atoms with Gasteiger partial charge in [-0.3, -0.25) is 4.98 Å². The maximum atomic E-state index is 13.8. The van der Waals surface area contributed by atoms with Gasteiger partial charge in [0.15, 0.2) is 34.8 Å². The van der Waals surface area contributed by atoms with E-state index >= 15 is 0 Å². The van der Waals surface area contributed by atoms with Crippen molar-refractivity contribution >= 4 is 34.4 Å². The van der Waals surface area contributed by atoms with E-state index in [1.54, 1.807) is 0 Å². The monoisotopic (exact) mass is 515 g/mol. The van der Waals surface area contributed by atoms with Gasteiger partial charge in [-0.2, -0.15) is 26.3 Å². The molecular formula is C18H12ClF6N3O4S. The van der Waals surface area contributed by atoms with Crippen LogP contribution in [0, 0.1) is 0 Å². The SMILES string of the molecule is COc1c(OCC(F)(F)F)ccnc1CSc1nc2cc3c(cc2[nH]1)OC(F)(F)C(F)(Cl)O3. The zero-order valence-corrected chi connectivity index (χ0v) is 17.9. The molecule has 7 nitrogen and oxygen atoms in total. The number of benzene rings is 1. The first-order chi connectivity index (χ1) is 15.4. The Kier molecular flexibility index (Phi) is 5.85. The van der Waals surface area contributed by atoms with Gasteiger partial charge in [-0.1, -0.05) is 11.8 Å². The summed E-state index contributed by atoms with van der Waals surface area (Å²) in [6.45, 7) is -1.50. The van der Waals surface area contributed by atoms with Crippen LogP contribution >= 0.6 is 23.4 Å². The summed E-state index contributed by atoms with van der Waals surface area (Å²) in [5.41, 5.74) is 0.788. The molecule has 1 atom stereocenters. The predicted octanol–water partition coefficient (Wildman–Crippen LogP) is 5.43. The fourth-order valence-corrected chi connectivity index (χ4v) is 3.77. The first-order valence-electron chi connectivity index (χ1n) is 8.90. The van der Waals surface area contributed by atoms with Crippen molar-refractivity contribution in [2.75, 3.05) is 13.7 Å². The van der Waals surface area contributed by atoms with Crippen molar-refractivity contribution in [1.29, 1.82) is 0 Å². The standard InChI is InChI=1S/C18H12ClF6N3O4S/c1-29-14-10(26-3-2-11(14)30-7-16(20,21)22)6-33-15-27-8-4-12-13(5-9(8)28-15)32-18(24,25)17(19,23)31-12/h2-5H,6-7H2,1H3,(H,27,28). The Hall–Kier alpha value is -2.74. The second-order valence-corrected chi connectivity index (χ2v) is 8.03. The van der Waals surface area contributed by atoms with Crippen molar-refractivity contribution in [3.63, 3.8) is 0 Å². The van der Waals surface area contributed by atoms with E-state index in [2.05, 4.69) is 24.4 Å². The maximum Gasteiger partial charge on any atom is 0.488 e. The summed E-state index contributed by atoms with van der Waals surface area (Å²) in [6.07, 6.45) is -7.69. The summed E-state index contributed by atoms with van der Waals surface area (Å²) in [5, 5.41) is -3.59. The second kappa shape index (κ2) is 8.24. The van der Waals surface area contributed by atoms with Crippen molar-refractivity contribution in [3.05, 3.63) is 30.1 Å². The zero-order valence-electron chi connectivity index (χ0n) is 16.3. The molecule has 0 saturated heterocycles. The lowest BCUT2D eigenvalue weighted by molar-refractivity contribution is -0.303. The first-order valence-corrected chi connectivity index (χ1v) is 10.3. The van der Waals surface area contributed by atoms with Crippen molar-refractivity contribution in [1.82, 2.24) is 15.0 Å². The second-order valence-electron chi connectivity index (χ2n) is 6.58. The predicted molar refractivity (Wildman–Crippen MR) is 104 cm³/mol. The van der Waals surface area contributed by atoms with Crippen molar-refractivity contribution in [3.8, 4) is 23.0 Å². The van der Waals surface area contributed by atoms with Gasteiger partial charge in [-0.25, -0.2) is 4.98 Å². The average Bonchev–Trinajstić information content (AvgIpc) is 3.10. The summed E-state index contributed by atoms with van der Waals surface area (Å²) in [4.78, 5) is 11.2. The molecular weight excluding hydrogens is 504 g/mol. The molecule has 2 aromatic heterocycles. The number of fused-ring (bicyclic) bond motifs is 2. The zero-order chi connectivity index (χ0) is 24.0. The van der Waals surface area contributed by atoms with E-state index in [1.165, 1.54) is 25.4 Å². The Morgan fingerprint density at radius 2 is 1.91 bits per heavy atom. The lowest BCUT2D eigenvalue weighted by atomic mass is 10.2. The molecule has 178 valence electrons. The average molecular weight is 516 g/mol. The Labute approximate surface area is 190 Å². The van der Waals surface area contributed by atoms with Crippen LogP contribution in [-0.2, 0) is 5.75 Å². The third-order valence-corrected chi connectivity index (χ3v) is 5.41. The molecule has 1 unspecified atom stereocenters. The largest absolute Gasteiger partial charge is 0.491 e. The summed E-state index contributed by atoms with van der Waals surface area (Å²) in [7, 11) is 1.26. The molecule has 15 heteroatoms. The van der Waals surface area contributed by atoms with Gasteiger partial charge >= 0.3 is 17.6 Å². The van der Waals surface area contributed by atoms with E-state index in [9.17, 15) is 26.3 Å². The topological polar surface area (TPSA) is 78.5 Å². The minimum atomic E-state index is -4.53. The molecule has 0 bridgehead atoms. The minimum absolute atomic E-state index is 0.0197. The number of aromatic nitrogens is 3. The number of rotatable bonds is 6. The van der Waals surface area contributed by atoms with E-state index in [0.29, 0.717) is 5.16 Å². The number of aromatic amines is 1. The molecule has 1 aliphatic rings. The number of pyridine rings is 1. The highest BCUT2D eigenvalue weighted by Crippen LogP contribution is 2.49. The van der Waals surface area contributed by atoms with E-state index in [4.69, 9.17) is 21.1 Å². The van der Waals surface area contributed by atoms with Crippen LogP contribution in [0.2, 0.25) is 0 Å². The smallest absolute Gasteiger partial charge is 0.488 e. The number of halogens is 7. The van der Waals surface area contributed by atoms with Gasteiger partial charge in [0.2, 0.25) is 0 Å². The van der Waals surface area contributed by atoms with Crippen LogP contribution in [0.15, 0.2) is 29.6 Å². The molecule has 1 aromatic carbocycles. The number of hydrogen-bond acceptors (Lipinski definition) is 7. The number of thioether (sulfide) groups is 1. The van der Waals surface area contributed by atoms with E-state index in [-0.39, 0.29) is 39.7 Å². The van der Waals surface area contributed by atoms with Gasteiger partial charge in [0.05, 0.1) is 23.8 Å². The molecule has 0 saturated carbocycles. The molecule has 3 heterocycles. The van der Waals surface area contributed by atoms with Gasteiger partial charge in [0, 0.05) is 30.1 Å².